The summed E-state index contributed by atoms with van der Waals surface area (Å²) in [6, 6.07) is 7.85. The van der Waals surface area contributed by atoms with Crippen molar-refractivity contribution in [2.45, 2.75) is 39.2 Å². The van der Waals surface area contributed by atoms with E-state index in [1.165, 1.54) is 5.56 Å². The average Bonchev–Trinajstić information content (AvgIpc) is 2.42. The summed E-state index contributed by atoms with van der Waals surface area (Å²) >= 11 is 0. The van der Waals surface area contributed by atoms with Crippen LogP contribution < -0.4 is 11.1 Å². The molecule has 0 heterocycles. The maximum absolute atomic E-state index is 11.6. The Morgan fingerprint density at radius 1 is 1.30 bits per heavy atom. The normalized spacial score (nSPS) is 14.7. The second-order valence-electron chi connectivity index (χ2n) is 6.27. The zero-order valence-electron chi connectivity index (χ0n) is 12.8. The summed E-state index contributed by atoms with van der Waals surface area (Å²) in [6.07, 6.45) is -0.696. The molecule has 1 aromatic carbocycles. The Morgan fingerprint density at radius 3 is 2.30 bits per heavy atom. The summed E-state index contributed by atoms with van der Waals surface area (Å²) in [5.41, 5.74) is 7.54. The molecule has 1 aromatic rings. The van der Waals surface area contributed by atoms with Gasteiger partial charge in [-0.3, -0.25) is 4.79 Å². The van der Waals surface area contributed by atoms with E-state index >= 15 is 0 Å². The van der Waals surface area contributed by atoms with Crippen LogP contribution in [0.15, 0.2) is 24.3 Å². The number of amides is 1. The predicted molar refractivity (Wildman–Crippen MR) is 81.3 cm³/mol. The first kappa shape index (κ1) is 16.7. The lowest BCUT2D eigenvalue weighted by atomic mass is 9.86. The van der Waals surface area contributed by atoms with Crippen molar-refractivity contribution in [3.63, 3.8) is 0 Å². The molecule has 1 rings (SSSR count). The number of nitrogens with two attached hydrogens (primary N) is 1. The van der Waals surface area contributed by atoms with Gasteiger partial charge >= 0.3 is 0 Å². The molecular formula is C16H26N2O2. The van der Waals surface area contributed by atoms with E-state index in [9.17, 15) is 9.90 Å². The molecule has 20 heavy (non-hydrogen) atoms. The van der Waals surface area contributed by atoms with Gasteiger partial charge in [-0.2, -0.15) is 0 Å². The van der Waals surface area contributed by atoms with E-state index in [4.69, 9.17) is 5.73 Å². The molecule has 4 nitrogen and oxygen atoms in total. The van der Waals surface area contributed by atoms with E-state index in [0.29, 0.717) is 6.54 Å². The summed E-state index contributed by atoms with van der Waals surface area (Å²) in [5, 5.41) is 12.8. The van der Waals surface area contributed by atoms with Gasteiger partial charge in [-0.25, -0.2) is 0 Å². The highest BCUT2D eigenvalue weighted by molar-refractivity contribution is 5.78. The first-order valence-electron chi connectivity index (χ1n) is 7.02. The molecule has 4 heteroatoms. The lowest BCUT2D eigenvalue weighted by Crippen LogP contribution is -2.35. The van der Waals surface area contributed by atoms with Gasteiger partial charge in [0.25, 0.3) is 0 Å². The molecule has 0 radical (unpaired) electrons. The van der Waals surface area contributed by atoms with E-state index in [1.807, 2.05) is 24.3 Å². The fourth-order valence-corrected chi connectivity index (χ4v) is 1.80. The Hall–Kier alpha value is -1.39. The summed E-state index contributed by atoms with van der Waals surface area (Å²) < 4.78 is 0. The lowest BCUT2D eigenvalue weighted by Gasteiger charge is -2.20. The van der Waals surface area contributed by atoms with Crippen LogP contribution in [0.3, 0.4) is 0 Å². The highest BCUT2D eigenvalue weighted by atomic mass is 16.3. The van der Waals surface area contributed by atoms with E-state index in [1.54, 1.807) is 6.92 Å². The van der Waals surface area contributed by atoms with E-state index in [2.05, 4.69) is 26.1 Å². The minimum atomic E-state index is -0.696. The van der Waals surface area contributed by atoms with Crippen molar-refractivity contribution in [2.75, 3.05) is 13.1 Å². The van der Waals surface area contributed by atoms with Crippen molar-refractivity contribution < 1.29 is 9.90 Å². The van der Waals surface area contributed by atoms with Crippen molar-refractivity contribution in [3.8, 4) is 0 Å². The molecule has 2 unspecified atom stereocenters. The molecule has 4 N–H and O–H groups in total. The van der Waals surface area contributed by atoms with Crippen LogP contribution in [-0.2, 0) is 10.2 Å². The lowest BCUT2D eigenvalue weighted by molar-refractivity contribution is -0.124. The smallest absolute Gasteiger partial charge is 0.224 e. The molecule has 2 atom stereocenters. The monoisotopic (exact) mass is 278 g/mol. The Kier molecular flexibility index (Phi) is 5.72. The molecule has 0 saturated heterocycles. The molecule has 0 bridgehead atoms. The number of carbonyl (C=O) groups is 1. The van der Waals surface area contributed by atoms with Crippen molar-refractivity contribution in [1.82, 2.24) is 5.32 Å². The van der Waals surface area contributed by atoms with Crippen LogP contribution in [0.5, 0.6) is 0 Å². The van der Waals surface area contributed by atoms with Gasteiger partial charge in [-0.05, 0) is 16.5 Å². The first-order chi connectivity index (χ1) is 9.25. The van der Waals surface area contributed by atoms with Crippen LogP contribution in [0, 0.1) is 5.92 Å². The Balaban J connectivity index is 2.60. The van der Waals surface area contributed by atoms with Crippen molar-refractivity contribution in [2.24, 2.45) is 11.7 Å². The van der Waals surface area contributed by atoms with E-state index in [-0.39, 0.29) is 23.8 Å². The van der Waals surface area contributed by atoms with Gasteiger partial charge in [0, 0.05) is 19.0 Å². The molecule has 0 aliphatic rings. The van der Waals surface area contributed by atoms with Gasteiger partial charge in [0.2, 0.25) is 5.91 Å². The molecule has 0 aliphatic carbocycles. The van der Waals surface area contributed by atoms with Crippen molar-refractivity contribution in [3.05, 3.63) is 35.4 Å². The Labute approximate surface area is 121 Å². The third kappa shape index (κ3) is 4.62. The molecule has 0 aliphatic heterocycles. The van der Waals surface area contributed by atoms with E-state index in [0.717, 1.165) is 5.56 Å². The zero-order chi connectivity index (χ0) is 15.3. The first-order valence-corrected chi connectivity index (χ1v) is 7.02. The van der Waals surface area contributed by atoms with Gasteiger partial charge in [-0.15, -0.1) is 0 Å². The zero-order valence-corrected chi connectivity index (χ0v) is 12.8. The average molecular weight is 278 g/mol. The van der Waals surface area contributed by atoms with Gasteiger partial charge in [0.1, 0.15) is 0 Å². The number of rotatable bonds is 5. The molecule has 112 valence electrons. The maximum Gasteiger partial charge on any atom is 0.224 e. The SMILES string of the molecule is CC(CN)C(=O)NCC(O)c1ccc(C(C)(C)C)cc1. The predicted octanol–water partition coefficient (Wildman–Crippen LogP) is 1.73. The van der Waals surface area contributed by atoms with Crippen LogP contribution in [0.1, 0.15) is 44.9 Å². The summed E-state index contributed by atoms with van der Waals surface area (Å²) in [4.78, 5) is 11.6. The molecule has 0 spiro atoms. The summed E-state index contributed by atoms with van der Waals surface area (Å²) in [6.45, 7) is 8.71. The Morgan fingerprint density at radius 2 is 1.85 bits per heavy atom. The Bertz CT molecular complexity index is 435. The standard InChI is InChI=1S/C16H26N2O2/c1-11(9-17)15(20)18-10-14(19)12-5-7-13(8-6-12)16(2,3)4/h5-8,11,14,19H,9-10,17H2,1-4H3,(H,18,20). The number of hydrogen-bond donors (Lipinski definition) is 3. The van der Waals surface area contributed by atoms with Gasteiger partial charge < -0.3 is 16.2 Å². The van der Waals surface area contributed by atoms with E-state index < -0.39 is 6.10 Å². The van der Waals surface area contributed by atoms with Gasteiger partial charge in [0.15, 0.2) is 0 Å². The molecular weight excluding hydrogens is 252 g/mol. The van der Waals surface area contributed by atoms with Crippen LogP contribution in [0.4, 0.5) is 0 Å². The largest absolute Gasteiger partial charge is 0.387 e. The summed E-state index contributed by atoms with van der Waals surface area (Å²) in [7, 11) is 0. The van der Waals surface area contributed by atoms with Crippen LogP contribution in [0.25, 0.3) is 0 Å². The minimum Gasteiger partial charge on any atom is -0.387 e. The fourth-order valence-electron chi connectivity index (χ4n) is 1.80. The van der Waals surface area contributed by atoms with Gasteiger partial charge in [0.05, 0.1) is 6.10 Å². The second-order valence-corrected chi connectivity index (χ2v) is 6.27. The minimum absolute atomic E-state index is 0.0915. The molecule has 0 fully saturated rings. The molecule has 1 amide bonds. The number of hydrogen-bond acceptors (Lipinski definition) is 3. The highest BCUT2D eigenvalue weighted by Crippen LogP contribution is 2.23. The number of nitrogens with one attached hydrogen (secondary N) is 1. The topological polar surface area (TPSA) is 75.4 Å². The van der Waals surface area contributed by atoms with Crippen molar-refractivity contribution in [1.29, 1.82) is 0 Å². The van der Waals surface area contributed by atoms with Gasteiger partial charge in [-0.1, -0.05) is 52.0 Å². The summed E-state index contributed by atoms with van der Waals surface area (Å²) in [5.74, 6) is -0.358. The number of aliphatic hydroxyl groups excluding tert-OH is 1. The number of benzene rings is 1. The van der Waals surface area contributed by atoms with Crippen molar-refractivity contribution >= 4 is 5.91 Å². The van der Waals surface area contributed by atoms with Crippen LogP contribution in [-0.4, -0.2) is 24.1 Å². The molecule has 0 saturated carbocycles. The highest BCUT2D eigenvalue weighted by Gasteiger charge is 2.16. The third-order valence-corrected chi connectivity index (χ3v) is 3.43. The number of carbonyl (C=O) groups excluding carboxylic acids is 1. The number of aliphatic hydroxyl groups is 1. The maximum atomic E-state index is 11.6. The molecule has 0 aromatic heterocycles. The fraction of sp³-hybridized carbons (Fsp3) is 0.562. The van der Waals surface area contributed by atoms with Crippen LogP contribution in [0.2, 0.25) is 0 Å². The second kappa shape index (κ2) is 6.86. The quantitative estimate of drug-likeness (QED) is 0.768. The third-order valence-electron chi connectivity index (χ3n) is 3.43. The van der Waals surface area contributed by atoms with Crippen LogP contribution >= 0.6 is 0 Å².